The van der Waals surface area contributed by atoms with Gasteiger partial charge < -0.3 is 4.74 Å². The summed E-state index contributed by atoms with van der Waals surface area (Å²) in [6.07, 6.45) is 0. The molecule has 23 heavy (non-hydrogen) atoms. The summed E-state index contributed by atoms with van der Waals surface area (Å²) < 4.78 is 69.3. The fourth-order valence-corrected chi connectivity index (χ4v) is 4.86. The standard InChI is InChI=1S/C13H19FN2O5S2/c1-15(23(19,20)13-4-2-12(14)3-5-13)8-11-22(17,18)16-6-9-21-10-7-16/h2-5H,6-11H2,1H3. The molecule has 0 bridgehead atoms. The monoisotopic (exact) mass is 366 g/mol. The minimum absolute atomic E-state index is 0.0785. The van der Waals surface area contributed by atoms with Crippen molar-refractivity contribution in [3.05, 3.63) is 30.1 Å². The lowest BCUT2D eigenvalue weighted by atomic mass is 10.4. The molecule has 0 spiro atoms. The number of sulfonamides is 2. The van der Waals surface area contributed by atoms with Crippen molar-refractivity contribution in [2.75, 3.05) is 45.6 Å². The summed E-state index contributed by atoms with van der Waals surface area (Å²) >= 11 is 0. The maximum atomic E-state index is 12.9. The lowest BCUT2D eigenvalue weighted by molar-refractivity contribution is 0.0730. The number of rotatable bonds is 6. The molecule has 1 aromatic rings. The SMILES string of the molecule is CN(CCS(=O)(=O)N1CCOCC1)S(=O)(=O)c1ccc(F)cc1. The van der Waals surface area contributed by atoms with Gasteiger partial charge >= 0.3 is 0 Å². The van der Waals surface area contributed by atoms with Gasteiger partial charge in [-0.05, 0) is 24.3 Å². The predicted molar refractivity (Wildman–Crippen MR) is 82.4 cm³/mol. The van der Waals surface area contributed by atoms with Crippen molar-refractivity contribution in [3.63, 3.8) is 0 Å². The molecule has 0 saturated carbocycles. The van der Waals surface area contributed by atoms with Gasteiger partial charge in [-0.3, -0.25) is 0 Å². The van der Waals surface area contributed by atoms with Crippen LogP contribution in [0.2, 0.25) is 0 Å². The second-order valence-corrected chi connectivity index (χ2v) is 9.24. The van der Waals surface area contributed by atoms with Gasteiger partial charge in [-0.15, -0.1) is 0 Å². The van der Waals surface area contributed by atoms with Crippen LogP contribution in [-0.4, -0.2) is 71.1 Å². The van der Waals surface area contributed by atoms with Gasteiger partial charge in [0.25, 0.3) is 0 Å². The molecule has 1 aliphatic rings. The van der Waals surface area contributed by atoms with E-state index in [2.05, 4.69) is 0 Å². The fraction of sp³-hybridized carbons (Fsp3) is 0.538. The van der Waals surface area contributed by atoms with E-state index >= 15 is 0 Å². The zero-order valence-corrected chi connectivity index (χ0v) is 14.3. The number of nitrogens with zero attached hydrogens (tertiary/aromatic N) is 2. The van der Waals surface area contributed by atoms with E-state index in [-0.39, 0.29) is 30.3 Å². The average Bonchev–Trinajstić information content (AvgIpc) is 2.54. The number of benzene rings is 1. The first-order valence-electron chi connectivity index (χ1n) is 7.01. The van der Waals surface area contributed by atoms with E-state index in [4.69, 9.17) is 4.74 Å². The third-order valence-corrected chi connectivity index (χ3v) is 7.27. The van der Waals surface area contributed by atoms with Crippen molar-refractivity contribution in [3.8, 4) is 0 Å². The van der Waals surface area contributed by atoms with Crippen molar-refractivity contribution in [2.24, 2.45) is 0 Å². The Bertz CT molecular complexity index is 728. The third-order valence-electron chi connectivity index (χ3n) is 3.55. The Morgan fingerprint density at radius 2 is 1.70 bits per heavy atom. The lowest BCUT2D eigenvalue weighted by Gasteiger charge is -2.27. The van der Waals surface area contributed by atoms with Gasteiger partial charge in [-0.25, -0.2) is 21.2 Å². The first kappa shape index (κ1) is 18.3. The van der Waals surface area contributed by atoms with E-state index in [1.165, 1.54) is 11.4 Å². The molecule has 0 radical (unpaired) electrons. The highest BCUT2D eigenvalue weighted by molar-refractivity contribution is 7.90. The minimum atomic E-state index is -3.85. The van der Waals surface area contributed by atoms with E-state index in [1.807, 2.05) is 0 Å². The Morgan fingerprint density at radius 3 is 2.26 bits per heavy atom. The van der Waals surface area contributed by atoms with Crippen molar-refractivity contribution in [1.82, 2.24) is 8.61 Å². The topological polar surface area (TPSA) is 84.0 Å². The molecule has 0 unspecified atom stereocenters. The molecule has 1 heterocycles. The van der Waals surface area contributed by atoms with Gasteiger partial charge in [0, 0.05) is 26.7 Å². The van der Waals surface area contributed by atoms with Crippen molar-refractivity contribution >= 4 is 20.0 Å². The number of halogens is 1. The summed E-state index contributed by atoms with van der Waals surface area (Å²) in [5.74, 6) is -0.856. The van der Waals surface area contributed by atoms with Crippen LogP contribution in [0.25, 0.3) is 0 Å². The molecule has 0 amide bonds. The molecular formula is C13H19FN2O5S2. The zero-order valence-electron chi connectivity index (χ0n) is 12.7. The summed E-state index contributed by atoms with van der Waals surface area (Å²) in [5.41, 5.74) is 0. The number of hydrogen-bond donors (Lipinski definition) is 0. The van der Waals surface area contributed by atoms with Gasteiger partial charge in [0.2, 0.25) is 20.0 Å². The van der Waals surface area contributed by atoms with E-state index < -0.39 is 25.9 Å². The largest absolute Gasteiger partial charge is 0.379 e. The van der Waals surface area contributed by atoms with Crippen molar-refractivity contribution in [2.45, 2.75) is 4.90 Å². The molecule has 2 rings (SSSR count). The fourth-order valence-electron chi connectivity index (χ4n) is 2.10. The Hall–Kier alpha value is -1.07. The molecule has 1 aliphatic heterocycles. The Morgan fingerprint density at radius 1 is 1.13 bits per heavy atom. The Labute approximate surface area is 135 Å². The summed E-state index contributed by atoms with van der Waals surface area (Å²) in [5, 5.41) is 0. The molecule has 0 aromatic heterocycles. The normalized spacial score (nSPS) is 17.5. The highest BCUT2D eigenvalue weighted by Crippen LogP contribution is 2.15. The van der Waals surface area contributed by atoms with Crippen LogP contribution in [0.15, 0.2) is 29.2 Å². The van der Waals surface area contributed by atoms with Crippen LogP contribution in [0.5, 0.6) is 0 Å². The van der Waals surface area contributed by atoms with E-state index in [1.54, 1.807) is 0 Å². The van der Waals surface area contributed by atoms with Gasteiger partial charge in [0.15, 0.2) is 0 Å². The second kappa shape index (κ2) is 7.22. The maximum absolute atomic E-state index is 12.9. The van der Waals surface area contributed by atoms with Crippen LogP contribution in [-0.2, 0) is 24.8 Å². The molecular weight excluding hydrogens is 347 g/mol. The van der Waals surface area contributed by atoms with Crippen LogP contribution in [0.3, 0.4) is 0 Å². The molecule has 1 fully saturated rings. The molecule has 130 valence electrons. The number of morpholine rings is 1. The van der Waals surface area contributed by atoms with E-state index in [0.717, 1.165) is 28.6 Å². The smallest absolute Gasteiger partial charge is 0.242 e. The molecule has 1 aromatic carbocycles. The summed E-state index contributed by atoms with van der Waals surface area (Å²) in [6, 6.07) is 4.39. The minimum Gasteiger partial charge on any atom is -0.379 e. The van der Waals surface area contributed by atoms with E-state index in [9.17, 15) is 21.2 Å². The summed E-state index contributed by atoms with van der Waals surface area (Å²) in [6.45, 7) is 1.04. The molecule has 0 aliphatic carbocycles. The number of ether oxygens (including phenoxy) is 1. The van der Waals surface area contributed by atoms with Crippen LogP contribution in [0.1, 0.15) is 0 Å². The average molecular weight is 366 g/mol. The van der Waals surface area contributed by atoms with Crippen LogP contribution >= 0.6 is 0 Å². The molecule has 7 nitrogen and oxygen atoms in total. The van der Waals surface area contributed by atoms with Gasteiger partial charge in [0.1, 0.15) is 5.82 Å². The Balaban J connectivity index is 2.03. The Kier molecular flexibility index (Phi) is 5.74. The van der Waals surface area contributed by atoms with Gasteiger partial charge in [0.05, 0.1) is 23.9 Å². The van der Waals surface area contributed by atoms with Crippen LogP contribution in [0, 0.1) is 5.82 Å². The van der Waals surface area contributed by atoms with Crippen LogP contribution < -0.4 is 0 Å². The first-order valence-corrected chi connectivity index (χ1v) is 10.1. The molecule has 10 heteroatoms. The summed E-state index contributed by atoms with van der Waals surface area (Å²) in [7, 11) is -6.09. The predicted octanol–water partition coefficient (Wildman–Crippen LogP) is 0.108. The van der Waals surface area contributed by atoms with Crippen LogP contribution in [0.4, 0.5) is 4.39 Å². The zero-order chi connectivity index (χ0) is 17.1. The second-order valence-electron chi connectivity index (χ2n) is 5.11. The first-order chi connectivity index (χ1) is 10.7. The molecule has 0 atom stereocenters. The van der Waals surface area contributed by atoms with Gasteiger partial charge in [-0.2, -0.15) is 8.61 Å². The lowest BCUT2D eigenvalue weighted by Crippen LogP contribution is -2.44. The summed E-state index contributed by atoms with van der Waals surface area (Å²) in [4.78, 5) is -0.0785. The molecule has 1 saturated heterocycles. The maximum Gasteiger partial charge on any atom is 0.242 e. The third kappa shape index (κ3) is 4.48. The van der Waals surface area contributed by atoms with Gasteiger partial charge in [-0.1, -0.05) is 0 Å². The quantitative estimate of drug-likeness (QED) is 0.713. The number of hydrogen-bond acceptors (Lipinski definition) is 5. The highest BCUT2D eigenvalue weighted by atomic mass is 32.2. The van der Waals surface area contributed by atoms with E-state index in [0.29, 0.717) is 13.2 Å². The van der Waals surface area contributed by atoms with Crippen molar-refractivity contribution < 1.29 is 26.0 Å². The highest BCUT2D eigenvalue weighted by Gasteiger charge is 2.27. The molecule has 0 N–H and O–H groups in total. The van der Waals surface area contributed by atoms with Crippen molar-refractivity contribution in [1.29, 1.82) is 0 Å².